The van der Waals surface area contributed by atoms with Crippen molar-refractivity contribution in [1.29, 1.82) is 0 Å². The largest absolute Gasteiger partial charge is 0.416 e. The molecule has 1 N–H and O–H groups in total. The molecule has 0 spiro atoms. The average molecular weight is 407 g/mol. The van der Waals surface area contributed by atoms with Crippen molar-refractivity contribution >= 4 is 28.2 Å². The molecule has 3 aromatic rings. The molecule has 28 heavy (non-hydrogen) atoms. The van der Waals surface area contributed by atoms with Crippen molar-refractivity contribution in [2.24, 2.45) is 0 Å². The molecule has 1 aliphatic rings. The zero-order valence-corrected chi connectivity index (χ0v) is 15.8. The number of nitrogens with one attached hydrogen (secondary N) is 1. The third-order valence-corrected chi connectivity index (χ3v) is 5.28. The fourth-order valence-corrected chi connectivity index (χ4v) is 3.75. The molecule has 1 aliphatic heterocycles. The van der Waals surface area contributed by atoms with Crippen molar-refractivity contribution in [3.63, 3.8) is 0 Å². The topological polar surface area (TPSA) is 42.7 Å². The van der Waals surface area contributed by atoms with Crippen LogP contribution in [0.15, 0.2) is 42.5 Å². The molecule has 0 saturated carbocycles. The van der Waals surface area contributed by atoms with E-state index >= 15 is 0 Å². The average Bonchev–Trinajstić information content (AvgIpc) is 3.10. The molecule has 0 fully saturated rings. The number of nitrogens with zero attached hydrogens (tertiary/aromatic N) is 3. The quantitative estimate of drug-likeness (QED) is 0.658. The summed E-state index contributed by atoms with van der Waals surface area (Å²) < 4.78 is 42.1. The van der Waals surface area contributed by atoms with Gasteiger partial charge in [0.15, 0.2) is 0 Å². The van der Waals surface area contributed by atoms with E-state index in [1.54, 1.807) is 11.6 Å². The summed E-state index contributed by atoms with van der Waals surface area (Å²) in [6.07, 6.45) is -1.48. The van der Waals surface area contributed by atoms with E-state index in [-0.39, 0.29) is 10.6 Å². The molecule has 0 saturated heterocycles. The molecule has 0 aliphatic carbocycles. The number of benzene rings is 2. The molecule has 0 amide bonds. The maximum atomic E-state index is 13.5. The van der Waals surface area contributed by atoms with Gasteiger partial charge in [-0.25, -0.2) is 4.68 Å². The van der Waals surface area contributed by atoms with Crippen LogP contribution in [0.3, 0.4) is 0 Å². The van der Waals surface area contributed by atoms with Crippen molar-refractivity contribution in [3.05, 3.63) is 64.2 Å². The first-order valence-electron chi connectivity index (χ1n) is 8.96. The lowest BCUT2D eigenvalue weighted by Crippen LogP contribution is -2.20. The Kier molecular flexibility index (Phi) is 4.89. The minimum absolute atomic E-state index is 0.0480. The summed E-state index contributed by atoms with van der Waals surface area (Å²) in [5.41, 5.74) is 2.95. The molecular formula is C20H18ClF3N4. The number of rotatable bonds is 3. The van der Waals surface area contributed by atoms with Crippen LogP contribution in [0.5, 0.6) is 0 Å². The Morgan fingerprint density at radius 1 is 1.18 bits per heavy atom. The van der Waals surface area contributed by atoms with Gasteiger partial charge in [0.2, 0.25) is 0 Å². The third kappa shape index (κ3) is 3.52. The van der Waals surface area contributed by atoms with Gasteiger partial charge in [-0.1, -0.05) is 35.0 Å². The fraction of sp³-hybridized carbons (Fsp3) is 0.300. The summed E-state index contributed by atoms with van der Waals surface area (Å²) in [6, 6.07) is 8.96. The van der Waals surface area contributed by atoms with Gasteiger partial charge in [-0.15, -0.1) is 5.10 Å². The molecular weight excluding hydrogens is 389 g/mol. The van der Waals surface area contributed by atoms with Crippen molar-refractivity contribution in [2.75, 3.05) is 13.1 Å². The van der Waals surface area contributed by atoms with Crippen LogP contribution in [0.4, 0.5) is 13.2 Å². The maximum absolute atomic E-state index is 13.5. The van der Waals surface area contributed by atoms with Gasteiger partial charge >= 0.3 is 6.18 Å². The summed E-state index contributed by atoms with van der Waals surface area (Å²) in [4.78, 5) is 0. The highest BCUT2D eigenvalue weighted by Gasteiger charge is 2.35. The zero-order chi connectivity index (χ0) is 19.9. The normalized spacial score (nSPS) is 16.2. The Labute approximate surface area is 165 Å². The van der Waals surface area contributed by atoms with Crippen LogP contribution in [0.1, 0.15) is 36.1 Å². The van der Waals surface area contributed by atoms with E-state index in [1.807, 2.05) is 18.2 Å². The number of hydrogen-bond donors (Lipinski definition) is 1. The predicted molar refractivity (Wildman–Crippen MR) is 103 cm³/mol. The van der Waals surface area contributed by atoms with Gasteiger partial charge in [0.25, 0.3) is 0 Å². The van der Waals surface area contributed by atoms with Crippen LogP contribution in [0, 0.1) is 0 Å². The van der Waals surface area contributed by atoms with Gasteiger partial charge in [-0.05, 0) is 60.9 Å². The Morgan fingerprint density at radius 2 is 2.00 bits per heavy atom. The zero-order valence-electron chi connectivity index (χ0n) is 15.1. The highest BCUT2D eigenvalue weighted by atomic mass is 35.5. The van der Waals surface area contributed by atoms with Crippen LogP contribution in [0.2, 0.25) is 5.02 Å². The Hall–Kier alpha value is -2.38. The minimum atomic E-state index is -4.50. The van der Waals surface area contributed by atoms with Crippen molar-refractivity contribution in [1.82, 2.24) is 20.3 Å². The molecule has 146 valence electrons. The summed E-state index contributed by atoms with van der Waals surface area (Å²) in [6.45, 7) is 3.39. The maximum Gasteiger partial charge on any atom is 0.416 e. The number of aromatic nitrogens is 3. The molecule has 4 nitrogen and oxygen atoms in total. The second kappa shape index (κ2) is 7.22. The summed E-state index contributed by atoms with van der Waals surface area (Å²) in [5, 5.41) is 11.6. The standard InChI is InChI=1S/C20H18ClF3N4/c1-12(16-4-3-15(21)11-17(16)20(22,23)24)28-19-10-14(2-5-18(19)26-27-28)13-6-8-25-9-7-13/h2-6,10-12,25H,7-9H2,1H3/t12-/m1/s1. The van der Waals surface area contributed by atoms with E-state index in [4.69, 9.17) is 11.6 Å². The second-order valence-electron chi connectivity index (χ2n) is 6.83. The first kappa shape index (κ1) is 19.0. The SMILES string of the molecule is C[C@H](c1ccc(Cl)cc1C(F)(F)F)n1nnc2ccc(C3=CCNCC3)cc21. The lowest BCUT2D eigenvalue weighted by molar-refractivity contribution is -0.138. The molecule has 1 aromatic heterocycles. The molecule has 4 rings (SSSR count). The van der Waals surface area contributed by atoms with Gasteiger partial charge in [-0.2, -0.15) is 13.2 Å². The van der Waals surface area contributed by atoms with Gasteiger partial charge in [-0.3, -0.25) is 0 Å². The molecule has 2 heterocycles. The van der Waals surface area contributed by atoms with Crippen LogP contribution in [0.25, 0.3) is 16.6 Å². The van der Waals surface area contributed by atoms with Crippen LogP contribution >= 0.6 is 11.6 Å². The van der Waals surface area contributed by atoms with E-state index in [0.717, 1.165) is 31.1 Å². The molecule has 2 aromatic carbocycles. The van der Waals surface area contributed by atoms with Crippen LogP contribution < -0.4 is 5.32 Å². The number of halogens is 4. The predicted octanol–water partition coefficient (Wildman–Crippen LogP) is 5.09. The van der Waals surface area contributed by atoms with Crippen molar-refractivity contribution in [3.8, 4) is 0 Å². The lowest BCUT2D eigenvalue weighted by Gasteiger charge is -2.20. The monoisotopic (exact) mass is 406 g/mol. The van der Waals surface area contributed by atoms with E-state index in [1.165, 1.54) is 17.7 Å². The van der Waals surface area contributed by atoms with E-state index in [9.17, 15) is 13.2 Å². The van der Waals surface area contributed by atoms with Gasteiger partial charge < -0.3 is 5.32 Å². The number of alkyl halides is 3. The Morgan fingerprint density at radius 3 is 2.71 bits per heavy atom. The molecule has 8 heteroatoms. The molecule has 0 bridgehead atoms. The van der Waals surface area contributed by atoms with E-state index in [0.29, 0.717) is 11.0 Å². The molecule has 0 radical (unpaired) electrons. The summed E-state index contributed by atoms with van der Waals surface area (Å²) in [7, 11) is 0. The van der Waals surface area contributed by atoms with Gasteiger partial charge in [0, 0.05) is 11.6 Å². The van der Waals surface area contributed by atoms with E-state index in [2.05, 4.69) is 21.7 Å². The Balaban J connectivity index is 1.80. The molecule has 0 unspecified atom stereocenters. The highest BCUT2D eigenvalue weighted by Crippen LogP contribution is 2.38. The third-order valence-electron chi connectivity index (χ3n) is 5.04. The fourth-order valence-electron chi connectivity index (χ4n) is 3.58. The Bertz CT molecular complexity index is 1060. The smallest absolute Gasteiger partial charge is 0.313 e. The highest BCUT2D eigenvalue weighted by molar-refractivity contribution is 6.30. The first-order valence-corrected chi connectivity index (χ1v) is 9.34. The van der Waals surface area contributed by atoms with Crippen molar-refractivity contribution in [2.45, 2.75) is 25.6 Å². The van der Waals surface area contributed by atoms with Crippen LogP contribution in [-0.2, 0) is 6.18 Å². The van der Waals surface area contributed by atoms with Gasteiger partial charge in [0.1, 0.15) is 5.52 Å². The lowest BCUT2D eigenvalue weighted by atomic mass is 9.99. The summed E-state index contributed by atoms with van der Waals surface area (Å²) in [5.74, 6) is 0. The van der Waals surface area contributed by atoms with E-state index < -0.39 is 17.8 Å². The van der Waals surface area contributed by atoms with Gasteiger partial charge in [0.05, 0.1) is 17.1 Å². The summed E-state index contributed by atoms with van der Waals surface area (Å²) >= 11 is 5.81. The second-order valence-corrected chi connectivity index (χ2v) is 7.26. The van der Waals surface area contributed by atoms with Crippen LogP contribution in [-0.4, -0.2) is 28.1 Å². The number of hydrogen-bond acceptors (Lipinski definition) is 3. The van der Waals surface area contributed by atoms with Crippen molar-refractivity contribution < 1.29 is 13.2 Å². The molecule has 1 atom stereocenters. The minimum Gasteiger partial charge on any atom is -0.313 e. The number of fused-ring (bicyclic) bond motifs is 1. The first-order chi connectivity index (χ1) is 13.3.